The summed E-state index contributed by atoms with van der Waals surface area (Å²) in [6.07, 6.45) is 3.10. The van der Waals surface area contributed by atoms with Gasteiger partial charge < -0.3 is 9.84 Å². The molecule has 29 heavy (non-hydrogen) atoms. The number of aromatic nitrogens is 5. The molecule has 0 saturated carbocycles. The molecule has 0 aliphatic carbocycles. The van der Waals surface area contributed by atoms with E-state index in [2.05, 4.69) is 25.1 Å². The molecule has 5 aromatic rings. The summed E-state index contributed by atoms with van der Waals surface area (Å²) in [5, 5.41) is 7.28. The Morgan fingerprint density at radius 3 is 2.45 bits per heavy atom. The molecule has 3 aromatic heterocycles. The van der Waals surface area contributed by atoms with E-state index < -0.39 is 5.97 Å². The number of carbonyl (C=O) groups is 1. The van der Waals surface area contributed by atoms with Crippen molar-refractivity contribution in [3.63, 3.8) is 0 Å². The summed E-state index contributed by atoms with van der Waals surface area (Å²) < 4.78 is 5.54. The second-order valence-electron chi connectivity index (χ2n) is 6.75. The number of benzene rings is 2. The van der Waals surface area contributed by atoms with Crippen molar-refractivity contribution >= 4 is 27.9 Å². The Morgan fingerprint density at radius 2 is 1.69 bits per heavy atom. The molecule has 0 amide bonds. The predicted octanol–water partition coefficient (Wildman–Crippen LogP) is 4.42. The zero-order valence-electron chi connectivity index (χ0n) is 15.6. The molecule has 2 aromatic carbocycles. The maximum Gasteiger partial charge on any atom is 0.377 e. The summed E-state index contributed by atoms with van der Waals surface area (Å²) in [6.45, 7) is 1.83. The van der Waals surface area contributed by atoms with E-state index in [1.54, 1.807) is 12.4 Å². The maximum atomic E-state index is 12.5. The van der Waals surface area contributed by atoms with E-state index in [0.717, 1.165) is 27.7 Å². The number of esters is 1. The second-order valence-corrected chi connectivity index (χ2v) is 6.75. The van der Waals surface area contributed by atoms with Crippen molar-refractivity contribution < 1.29 is 9.53 Å². The number of hydrogen-bond acceptors (Lipinski definition) is 5. The van der Waals surface area contributed by atoms with Crippen LogP contribution in [0.1, 0.15) is 29.2 Å². The molecule has 0 saturated heterocycles. The fourth-order valence-corrected chi connectivity index (χ4v) is 3.36. The number of hydrogen-bond donors (Lipinski definition) is 2. The summed E-state index contributed by atoms with van der Waals surface area (Å²) >= 11 is 0. The van der Waals surface area contributed by atoms with Crippen LogP contribution in [0.2, 0.25) is 0 Å². The Bertz CT molecular complexity index is 1310. The first-order valence-electron chi connectivity index (χ1n) is 9.23. The number of ether oxygens (including phenoxy) is 1. The third-order valence-corrected chi connectivity index (χ3v) is 4.86. The SMILES string of the molecule is C[C@@H](OC(=O)c1nc2cc3[nH][nH]c(-c4ccncc4)c3cc2n1)c1ccccc1. The second kappa shape index (κ2) is 6.87. The number of nitrogens with zero attached hydrogens (tertiary/aromatic N) is 3. The number of imidazole rings is 1. The first kappa shape index (κ1) is 17.1. The van der Waals surface area contributed by atoms with Gasteiger partial charge in [-0.3, -0.25) is 10.1 Å². The van der Waals surface area contributed by atoms with E-state index in [0.29, 0.717) is 11.0 Å². The number of H-pyrrole nitrogens is 2. The Morgan fingerprint density at radius 1 is 0.966 bits per heavy atom. The van der Waals surface area contributed by atoms with Crippen LogP contribution in [0.15, 0.2) is 67.0 Å². The minimum Gasteiger partial charge on any atom is -0.452 e. The summed E-state index contributed by atoms with van der Waals surface area (Å²) in [5.74, 6) is -0.480. The monoisotopic (exact) mass is 383 g/mol. The van der Waals surface area contributed by atoms with Gasteiger partial charge in [-0.15, -0.1) is 0 Å². The van der Waals surface area contributed by atoms with Crippen LogP contribution in [0.25, 0.3) is 33.2 Å². The highest BCUT2D eigenvalue weighted by molar-refractivity contribution is 6.01. The third-order valence-electron chi connectivity index (χ3n) is 4.86. The fraction of sp³-hybridized carbons (Fsp3) is 0.0909. The van der Waals surface area contributed by atoms with Gasteiger partial charge in [0.2, 0.25) is 5.82 Å². The van der Waals surface area contributed by atoms with E-state index in [-0.39, 0.29) is 11.9 Å². The highest BCUT2D eigenvalue weighted by Gasteiger charge is 2.19. The van der Waals surface area contributed by atoms with Crippen LogP contribution < -0.4 is 0 Å². The highest BCUT2D eigenvalue weighted by Crippen LogP contribution is 2.29. The quantitative estimate of drug-likeness (QED) is 0.448. The van der Waals surface area contributed by atoms with Crippen LogP contribution >= 0.6 is 0 Å². The lowest BCUT2D eigenvalue weighted by Gasteiger charge is -2.11. The van der Waals surface area contributed by atoms with Gasteiger partial charge in [-0.1, -0.05) is 30.3 Å². The predicted molar refractivity (Wildman–Crippen MR) is 109 cm³/mol. The van der Waals surface area contributed by atoms with E-state index >= 15 is 0 Å². The van der Waals surface area contributed by atoms with Gasteiger partial charge in [0.25, 0.3) is 0 Å². The third kappa shape index (κ3) is 3.12. The van der Waals surface area contributed by atoms with Crippen molar-refractivity contribution in [1.82, 2.24) is 25.1 Å². The smallest absolute Gasteiger partial charge is 0.377 e. The van der Waals surface area contributed by atoms with Gasteiger partial charge in [0.15, 0.2) is 0 Å². The van der Waals surface area contributed by atoms with Gasteiger partial charge in [0.05, 0.1) is 22.2 Å². The summed E-state index contributed by atoms with van der Waals surface area (Å²) in [7, 11) is 0. The van der Waals surface area contributed by atoms with Crippen LogP contribution in [0.4, 0.5) is 0 Å². The van der Waals surface area contributed by atoms with Gasteiger partial charge >= 0.3 is 5.97 Å². The molecule has 0 spiro atoms. The number of aromatic amines is 2. The van der Waals surface area contributed by atoms with Gasteiger partial charge in [-0.25, -0.2) is 14.8 Å². The van der Waals surface area contributed by atoms with E-state index in [9.17, 15) is 4.79 Å². The topological polar surface area (TPSA) is 96.5 Å². The molecule has 5 rings (SSSR count). The van der Waals surface area contributed by atoms with Gasteiger partial charge in [-0.2, -0.15) is 0 Å². The molecule has 0 unspecified atom stereocenters. The Kier molecular flexibility index (Phi) is 4.05. The molecular formula is C22H17N5O2. The fourth-order valence-electron chi connectivity index (χ4n) is 3.36. The van der Waals surface area contributed by atoms with Crippen LogP contribution in [0, 0.1) is 0 Å². The lowest BCUT2D eigenvalue weighted by molar-refractivity contribution is 0.0325. The standard InChI is InChI=1S/C22H17N5O2/c1-13(14-5-3-2-4-6-14)29-22(28)21-24-18-11-16-17(12-19(18)25-21)26-27-20(16)15-7-9-23-10-8-15/h2-13,26-27H,1H3/t13-/m1/s1. The van der Waals surface area contributed by atoms with Crippen LogP contribution in [0.3, 0.4) is 0 Å². The van der Waals surface area contributed by atoms with Gasteiger partial charge in [-0.05, 0) is 36.8 Å². The minimum atomic E-state index is -0.540. The number of fused-ring (bicyclic) bond motifs is 2. The molecule has 7 heteroatoms. The molecule has 7 nitrogen and oxygen atoms in total. The van der Waals surface area contributed by atoms with Crippen molar-refractivity contribution in [3.05, 3.63) is 78.4 Å². The average Bonchev–Trinajstić information content (AvgIpc) is 3.36. The number of carbonyl (C=O) groups excluding carboxylic acids is 1. The Labute approximate surface area is 165 Å². The number of pyridine rings is 1. The molecule has 0 aliphatic heterocycles. The van der Waals surface area contributed by atoms with E-state index in [4.69, 9.17) is 4.74 Å². The van der Waals surface area contributed by atoms with Crippen LogP contribution in [-0.4, -0.2) is 31.1 Å². The maximum absolute atomic E-state index is 12.5. The zero-order chi connectivity index (χ0) is 19.8. The zero-order valence-corrected chi connectivity index (χ0v) is 15.6. The van der Waals surface area contributed by atoms with Crippen molar-refractivity contribution in [2.75, 3.05) is 0 Å². The normalized spacial score (nSPS) is 12.3. The summed E-state index contributed by atoms with van der Waals surface area (Å²) in [4.78, 5) is 25.4. The number of rotatable bonds is 4. The molecule has 0 bridgehead atoms. The minimum absolute atomic E-state index is 0.0601. The Balaban J connectivity index is 1.48. The molecule has 2 N–H and O–H groups in total. The van der Waals surface area contributed by atoms with Gasteiger partial charge in [0.1, 0.15) is 6.10 Å². The average molecular weight is 383 g/mol. The molecule has 0 fully saturated rings. The molecule has 0 radical (unpaired) electrons. The van der Waals surface area contributed by atoms with Crippen LogP contribution in [0.5, 0.6) is 0 Å². The molecule has 0 aliphatic rings. The lowest BCUT2D eigenvalue weighted by atomic mass is 10.1. The molecular weight excluding hydrogens is 366 g/mol. The first-order chi connectivity index (χ1) is 14.2. The molecule has 142 valence electrons. The van der Waals surface area contributed by atoms with Crippen molar-refractivity contribution in [1.29, 1.82) is 0 Å². The van der Waals surface area contributed by atoms with Crippen LogP contribution in [-0.2, 0) is 4.74 Å². The molecule has 3 heterocycles. The number of nitrogens with one attached hydrogen (secondary N) is 2. The van der Waals surface area contributed by atoms with Crippen molar-refractivity contribution in [2.45, 2.75) is 13.0 Å². The van der Waals surface area contributed by atoms with Crippen molar-refractivity contribution in [2.24, 2.45) is 0 Å². The molecule has 1 atom stereocenters. The van der Waals surface area contributed by atoms with E-state index in [1.165, 1.54) is 0 Å². The largest absolute Gasteiger partial charge is 0.452 e. The summed E-state index contributed by atoms with van der Waals surface area (Å²) in [6, 6.07) is 17.2. The Hall–Kier alpha value is -4.00. The first-order valence-corrected chi connectivity index (χ1v) is 9.23. The van der Waals surface area contributed by atoms with Crippen molar-refractivity contribution in [3.8, 4) is 11.3 Å². The van der Waals surface area contributed by atoms with Gasteiger partial charge in [0, 0.05) is 23.3 Å². The summed E-state index contributed by atoms with van der Waals surface area (Å²) in [5.41, 5.74) is 4.99. The van der Waals surface area contributed by atoms with E-state index in [1.807, 2.05) is 61.5 Å². The highest BCUT2D eigenvalue weighted by atomic mass is 16.5. The lowest BCUT2D eigenvalue weighted by Crippen LogP contribution is -2.10.